The fourth-order valence-electron chi connectivity index (χ4n) is 2.51. The largest absolute Gasteiger partial charge is 0.339 e. The van der Waals surface area contributed by atoms with Crippen LogP contribution in [0.25, 0.3) is 6.08 Å². The average molecular weight is 316 g/mol. The van der Waals surface area contributed by atoms with Crippen LogP contribution >= 0.6 is 11.8 Å². The molecule has 0 saturated carbocycles. The summed E-state index contributed by atoms with van der Waals surface area (Å²) in [5.74, 6) is 0.108. The van der Waals surface area contributed by atoms with E-state index in [0.29, 0.717) is 6.04 Å². The molecule has 1 aliphatic rings. The summed E-state index contributed by atoms with van der Waals surface area (Å²) in [4.78, 5) is 15.2. The van der Waals surface area contributed by atoms with E-state index in [-0.39, 0.29) is 5.91 Å². The number of thioether (sulfide) groups is 1. The molecule has 118 valence electrons. The van der Waals surface area contributed by atoms with Crippen molar-refractivity contribution in [3.63, 3.8) is 0 Å². The van der Waals surface area contributed by atoms with E-state index in [1.54, 1.807) is 17.8 Å². The number of benzene rings is 1. The quantitative estimate of drug-likeness (QED) is 0.514. The molecule has 0 aliphatic carbocycles. The van der Waals surface area contributed by atoms with Crippen LogP contribution in [0.3, 0.4) is 0 Å². The Morgan fingerprint density at radius 2 is 1.91 bits per heavy atom. The van der Waals surface area contributed by atoms with Crippen molar-refractivity contribution in [2.24, 2.45) is 0 Å². The van der Waals surface area contributed by atoms with Gasteiger partial charge in [0.05, 0.1) is 0 Å². The topological polar surface area (TPSA) is 32.3 Å². The normalized spacial score (nSPS) is 16.7. The lowest BCUT2D eigenvalue weighted by Gasteiger charge is -2.31. The number of hydrogen-bond acceptors (Lipinski definition) is 3. The predicted octanol–water partition coefficient (Wildman–Crippen LogP) is 3.19. The second-order valence-corrected chi connectivity index (χ2v) is 6.26. The van der Waals surface area contributed by atoms with Crippen LogP contribution in [0.15, 0.2) is 47.4 Å². The van der Waals surface area contributed by atoms with E-state index in [1.807, 2.05) is 30.2 Å². The zero-order valence-electron chi connectivity index (χ0n) is 13.3. The number of amides is 1. The van der Waals surface area contributed by atoms with Crippen LogP contribution in [0.2, 0.25) is 0 Å². The highest BCUT2D eigenvalue weighted by Gasteiger charge is 2.19. The highest BCUT2D eigenvalue weighted by atomic mass is 32.2. The number of nitrogens with zero attached hydrogens (tertiary/aromatic N) is 1. The molecule has 1 aromatic carbocycles. The molecule has 0 aromatic heterocycles. The molecular formula is C18H24N2OS. The first kappa shape index (κ1) is 16.8. The van der Waals surface area contributed by atoms with Crippen LogP contribution in [0.1, 0.15) is 18.4 Å². The van der Waals surface area contributed by atoms with Gasteiger partial charge < -0.3 is 10.2 Å². The lowest BCUT2D eigenvalue weighted by molar-refractivity contribution is -0.127. The van der Waals surface area contributed by atoms with Crippen LogP contribution in [-0.4, -0.2) is 43.2 Å². The van der Waals surface area contributed by atoms with Crippen LogP contribution < -0.4 is 5.32 Å². The van der Waals surface area contributed by atoms with Gasteiger partial charge in [0.15, 0.2) is 0 Å². The van der Waals surface area contributed by atoms with Gasteiger partial charge in [-0.25, -0.2) is 0 Å². The van der Waals surface area contributed by atoms with Crippen molar-refractivity contribution in [2.45, 2.75) is 23.8 Å². The maximum absolute atomic E-state index is 12.1. The van der Waals surface area contributed by atoms with Gasteiger partial charge in [0, 0.05) is 30.1 Å². The molecule has 0 spiro atoms. The van der Waals surface area contributed by atoms with Crippen LogP contribution in [-0.2, 0) is 4.79 Å². The molecule has 0 bridgehead atoms. The molecular weight excluding hydrogens is 292 g/mol. The molecule has 1 N–H and O–H groups in total. The van der Waals surface area contributed by atoms with Crippen LogP contribution in [0.5, 0.6) is 0 Å². The lowest BCUT2D eigenvalue weighted by atomic mass is 10.1. The number of likely N-dealkylation sites (tertiary alicyclic amines) is 1. The van der Waals surface area contributed by atoms with E-state index in [9.17, 15) is 4.79 Å². The summed E-state index contributed by atoms with van der Waals surface area (Å²) in [6.07, 6.45) is 11.6. The van der Waals surface area contributed by atoms with E-state index in [4.69, 9.17) is 0 Å². The number of carbonyl (C=O) groups is 1. The van der Waals surface area contributed by atoms with Gasteiger partial charge in [-0.1, -0.05) is 30.4 Å². The van der Waals surface area contributed by atoms with Crippen molar-refractivity contribution >= 4 is 23.7 Å². The van der Waals surface area contributed by atoms with Gasteiger partial charge in [-0.15, -0.1) is 11.8 Å². The minimum absolute atomic E-state index is 0.108. The minimum atomic E-state index is 0.108. The van der Waals surface area contributed by atoms with E-state index in [1.165, 1.54) is 4.90 Å². The second-order valence-electron chi connectivity index (χ2n) is 5.38. The van der Waals surface area contributed by atoms with Crippen molar-refractivity contribution in [1.29, 1.82) is 0 Å². The van der Waals surface area contributed by atoms with Gasteiger partial charge in [0.25, 0.3) is 0 Å². The Hall–Kier alpha value is -1.52. The molecule has 1 aliphatic heterocycles. The first-order chi connectivity index (χ1) is 10.7. The van der Waals surface area contributed by atoms with Gasteiger partial charge in [-0.05, 0) is 43.8 Å². The molecule has 3 nitrogen and oxygen atoms in total. The Morgan fingerprint density at radius 3 is 2.50 bits per heavy atom. The van der Waals surface area contributed by atoms with E-state index < -0.39 is 0 Å². The second kappa shape index (κ2) is 8.81. The maximum atomic E-state index is 12.1. The molecule has 0 atom stereocenters. The molecule has 0 unspecified atom stereocenters. The smallest absolute Gasteiger partial charge is 0.246 e. The Labute approximate surface area is 137 Å². The summed E-state index contributed by atoms with van der Waals surface area (Å²) in [7, 11) is 1.98. The molecule has 1 amide bonds. The zero-order chi connectivity index (χ0) is 15.8. The first-order valence-corrected chi connectivity index (χ1v) is 8.90. The number of allylic oxidation sites excluding steroid dienone is 2. The molecule has 2 rings (SSSR count). The molecule has 4 heteroatoms. The molecule has 1 saturated heterocycles. The first-order valence-electron chi connectivity index (χ1n) is 7.68. The average Bonchev–Trinajstić information content (AvgIpc) is 2.59. The fraction of sp³-hybridized carbons (Fsp3) is 0.389. The van der Waals surface area contributed by atoms with E-state index in [2.05, 4.69) is 35.8 Å². The maximum Gasteiger partial charge on any atom is 0.246 e. The van der Waals surface area contributed by atoms with Crippen molar-refractivity contribution in [3.05, 3.63) is 48.1 Å². The summed E-state index contributed by atoms with van der Waals surface area (Å²) < 4.78 is 0. The molecule has 0 radical (unpaired) electrons. The monoisotopic (exact) mass is 316 g/mol. The Bertz CT molecular complexity index is 529. The van der Waals surface area contributed by atoms with Gasteiger partial charge in [0.2, 0.25) is 5.91 Å². The number of rotatable bonds is 5. The summed E-state index contributed by atoms with van der Waals surface area (Å²) >= 11 is 1.73. The molecule has 1 heterocycles. The van der Waals surface area contributed by atoms with Gasteiger partial charge in [-0.3, -0.25) is 4.79 Å². The van der Waals surface area contributed by atoms with Gasteiger partial charge in [-0.2, -0.15) is 0 Å². The SMILES string of the molecule is CNC1CCN(C(=O)/C=C/C=C/c2ccc(SC)cc2)CC1. The third-order valence-corrected chi connectivity index (χ3v) is 4.71. The van der Waals surface area contributed by atoms with E-state index in [0.717, 1.165) is 31.5 Å². The Kier molecular flexibility index (Phi) is 6.74. The summed E-state index contributed by atoms with van der Waals surface area (Å²) in [5.41, 5.74) is 1.14. The molecule has 1 aromatic rings. The predicted molar refractivity (Wildman–Crippen MR) is 95.1 cm³/mol. The van der Waals surface area contributed by atoms with Gasteiger partial charge >= 0.3 is 0 Å². The Balaban J connectivity index is 1.81. The molecule has 22 heavy (non-hydrogen) atoms. The lowest BCUT2D eigenvalue weighted by Crippen LogP contribution is -2.43. The standard InChI is InChI=1S/C18H24N2OS/c1-19-16-11-13-20(14-12-16)18(21)6-4-3-5-15-7-9-17(22-2)10-8-15/h3-10,16,19H,11-14H2,1-2H3/b5-3+,6-4+. The number of carbonyl (C=O) groups excluding carboxylic acids is 1. The minimum Gasteiger partial charge on any atom is -0.339 e. The van der Waals surface area contributed by atoms with E-state index >= 15 is 0 Å². The fourth-order valence-corrected chi connectivity index (χ4v) is 2.92. The number of hydrogen-bond donors (Lipinski definition) is 1. The summed E-state index contributed by atoms with van der Waals surface area (Å²) in [5, 5.41) is 3.27. The molecule has 1 fully saturated rings. The third-order valence-electron chi connectivity index (χ3n) is 3.97. The van der Waals surface area contributed by atoms with Gasteiger partial charge in [0.1, 0.15) is 0 Å². The van der Waals surface area contributed by atoms with Crippen LogP contribution in [0, 0.1) is 0 Å². The number of nitrogens with one attached hydrogen (secondary N) is 1. The zero-order valence-corrected chi connectivity index (χ0v) is 14.1. The van der Waals surface area contributed by atoms with Crippen molar-refractivity contribution in [3.8, 4) is 0 Å². The Morgan fingerprint density at radius 1 is 1.23 bits per heavy atom. The summed E-state index contributed by atoms with van der Waals surface area (Å²) in [6.45, 7) is 1.68. The van der Waals surface area contributed by atoms with Crippen molar-refractivity contribution in [1.82, 2.24) is 10.2 Å². The van der Waals surface area contributed by atoms with Crippen LogP contribution in [0.4, 0.5) is 0 Å². The summed E-state index contributed by atoms with van der Waals surface area (Å²) in [6, 6.07) is 8.93. The van der Waals surface area contributed by atoms with Crippen molar-refractivity contribution in [2.75, 3.05) is 26.4 Å². The highest BCUT2D eigenvalue weighted by Crippen LogP contribution is 2.15. The highest BCUT2D eigenvalue weighted by molar-refractivity contribution is 7.98. The number of piperidine rings is 1. The van der Waals surface area contributed by atoms with Crippen molar-refractivity contribution < 1.29 is 4.79 Å². The third kappa shape index (κ3) is 5.04.